The van der Waals surface area contributed by atoms with Crippen molar-refractivity contribution >= 4 is 11.5 Å². The molecule has 0 radical (unpaired) electrons. The lowest BCUT2D eigenvalue weighted by molar-refractivity contribution is 0.361. The van der Waals surface area contributed by atoms with E-state index in [1.165, 1.54) is 5.69 Å². The molecule has 2 fully saturated rings. The van der Waals surface area contributed by atoms with E-state index >= 15 is 0 Å². The zero-order valence-corrected chi connectivity index (χ0v) is 14.0. The van der Waals surface area contributed by atoms with Gasteiger partial charge in [0.05, 0.1) is 11.7 Å². The number of hydrogen-bond donors (Lipinski definition) is 0. The Morgan fingerprint density at radius 3 is 2.20 bits per heavy atom. The van der Waals surface area contributed by atoms with Crippen LogP contribution in [0.25, 0.3) is 11.3 Å². The lowest BCUT2D eigenvalue weighted by atomic mass is 9.92. The molecule has 0 spiro atoms. The number of benzene rings is 2. The molecule has 0 amide bonds. The number of para-hydroxylation sites is 1. The fourth-order valence-corrected chi connectivity index (χ4v) is 3.99. The number of rotatable bonds is 3. The third-order valence-electron chi connectivity index (χ3n) is 5.37. The van der Waals surface area contributed by atoms with Crippen molar-refractivity contribution in [2.75, 3.05) is 29.4 Å². The Morgan fingerprint density at radius 2 is 1.48 bits per heavy atom. The van der Waals surface area contributed by atoms with Crippen molar-refractivity contribution in [3.05, 3.63) is 72.8 Å². The lowest BCUT2D eigenvalue weighted by Gasteiger charge is -2.43. The van der Waals surface area contributed by atoms with E-state index in [0.29, 0.717) is 6.04 Å². The minimum atomic E-state index is 0.553. The molecule has 1 aromatic heterocycles. The minimum Gasteiger partial charge on any atom is -0.369 e. The molecule has 3 aromatic rings. The highest BCUT2D eigenvalue weighted by atomic mass is 15.4. The molecule has 2 atom stereocenters. The van der Waals surface area contributed by atoms with Crippen LogP contribution >= 0.6 is 0 Å². The van der Waals surface area contributed by atoms with Crippen molar-refractivity contribution in [3.63, 3.8) is 0 Å². The van der Waals surface area contributed by atoms with E-state index in [1.54, 1.807) is 0 Å². The Balaban J connectivity index is 1.31. The van der Waals surface area contributed by atoms with E-state index < -0.39 is 0 Å². The number of fused-ring (bicyclic) bond motifs is 1. The van der Waals surface area contributed by atoms with Crippen molar-refractivity contribution in [2.45, 2.75) is 6.04 Å². The number of anilines is 2. The average molecular weight is 328 g/mol. The summed E-state index contributed by atoms with van der Waals surface area (Å²) in [5.41, 5.74) is 3.36. The topological polar surface area (TPSA) is 32.3 Å². The summed E-state index contributed by atoms with van der Waals surface area (Å²) in [5, 5.41) is 8.93. The molecule has 0 saturated carbocycles. The largest absolute Gasteiger partial charge is 0.369 e. The highest BCUT2D eigenvalue weighted by Crippen LogP contribution is 2.37. The molecule has 0 unspecified atom stereocenters. The van der Waals surface area contributed by atoms with Crippen molar-refractivity contribution in [1.82, 2.24) is 10.2 Å². The zero-order valence-electron chi connectivity index (χ0n) is 14.0. The van der Waals surface area contributed by atoms with E-state index in [9.17, 15) is 0 Å². The number of aromatic nitrogens is 2. The van der Waals surface area contributed by atoms with Gasteiger partial charge in [-0.05, 0) is 24.3 Å². The third kappa shape index (κ3) is 2.54. The Morgan fingerprint density at radius 1 is 0.720 bits per heavy atom. The molecule has 5 rings (SSSR count). The summed E-state index contributed by atoms with van der Waals surface area (Å²) < 4.78 is 0. The van der Waals surface area contributed by atoms with Gasteiger partial charge in [0.2, 0.25) is 0 Å². The van der Waals surface area contributed by atoms with Gasteiger partial charge < -0.3 is 9.80 Å². The van der Waals surface area contributed by atoms with Crippen LogP contribution in [-0.2, 0) is 0 Å². The Hall–Kier alpha value is -2.88. The van der Waals surface area contributed by atoms with E-state index in [0.717, 1.165) is 42.6 Å². The Labute approximate surface area is 147 Å². The smallest absolute Gasteiger partial charge is 0.151 e. The molecule has 0 aliphatic carbocycles. The zero-order chi connectivity index (χ0) is 16.6. The molecule has 2 aliphatic heterocycles. The second-order valence-corrected chi connectivity index (χ2v) is 6.86. The van der Waals surface area contributed by atoms with Gasteiger partial charge in [-0.1, -0.05) is 48.5 Å². The van der Waals surface area contributed by atoms with Gasteiger partial charge in [0.15, 0.2) is 5.82 Å². The quantitative estimate of drug-likeness (QED) is 0.737. The predicted molar refractivity (Wildman–Crippen MR) is 101 cm³/mol. The van der Waals surface area contributed by atoms with Crippen molar-refractivity contribution in [2.24, 2.45) is 5.92 Å². The number of nitrogens with zero attached hydrogens (tertiary/aromatic N) is 4. The molecule has 3 heterocycles. The molecule has 0 N–H and O–H groups in total. The van der Waals surface area contributed by atoms with Gasteiger partial charge in [0.25, 0.3) is 0 Å². The van der Waals surface area contributed by atoms with Crippen molar-refractivity contribution in [1.29, 1.82) is 0 Å². The van der Waals surface area contributed by atoms with Crippen LogP contribution in [0.5, 0.6) is 0 Å². The second kappa shape index (κ2) is 5.88. The first-order valence-electron chi connectivity index (χ1n) is 8.84. The second-order valence-electron chi connectivity index (χ2n) is 6.86. The van der Waals surface area contributed by atoms with Gasteiger partial charge in [-0.25, -0.2) is 0 Å². The maximum atomic E-state index is 4.49. The minimum absolute atomic E-state index is 0.553. The molecule has 2 aliphatic rings. The summed E-state index contributed by atoms with van der Waals surface area (Å²) >= 11 is 0. The molecule has 2 saturated heterocycles. The average Bonchev–Trinajstić information content (AvgIpc) is 3.01. The lowest BCUT2D eigenvalue weighted by Crippen LogP contribution is -2.56. The maximum absolute atomic E-state index is 4.49. The molecule has 4 nitrogen and oxygen atoms in total. The molecule has 4 heteroatoms. The summed E-state index contributed by atoms with van der Waals surface area (Å²) in [6.45, 7) is 3.28. The van der Waals surface area contributed by atoms with Gasteiger partial charge in [0.1, 0.15) is 0 Å². The van der Waals surface area contributed by atoms with Gasteiger partial charge >= 0.3 is 0 Å². The highest BCUT2D eigenvalue weighted by molar-refractivity contribution is 5.60. The molecule has 0 bridgehead atoms. The van der Waals surface area contributed by atoms with E-state index in [-0.39, 0.29) is 0 Å². The van der Waals surface area contributed by atoms with Gasteiger partial charge in [0, 0.05) is 36.8 Å². The summed E-state index contributed by atoms with van der Waals surface area (Å²) in [6, 6.07) is 25.6. The highest BCUT2D eigenvalue weighted by Gasteiger charge is 2.46. The van der Waals surface area contributed by atoms with Crippen LogP contribution in [0, 0.1) is 5.92 Å². The SMILES string of the molecule is c1ccc(-c2ccc(N3C[C@@H]4CN(c5ccccc5)C[C@H]43)nn2)cc1. The van der Waals surface area contributed by atoms with Crippen LogP contribution in [0.2, 0.25) is 0 Å². The summed E-state index contributed by atoms with van der Waals surface area (Å²) in [5.74, 6) is 1.73. The Kier molecular flexibility index (Phi) is 3.40. The first kappa shape index (κ1) is 14.5. The van der Waals surface area contributed by atoms with Gasteiger partial charge in [-0.15, -0.1) is 10.2 Å². The first-order chi connectivity index (χ1) is 12.4. The number of hydrogen-bond acceptors (Lipinski definition) is 4. The third-order valence-corrected chi connectivity index (χ3v) is 5.37. The summed E-state index contributed by atoms with van der Waals surface area (Å²) in [7, 11) is 0. The van der Waals surface area contributed by atoms with Crippen LogP contribution in [0.15, 0.2) is 72.8 Å². The Bertz CT molecular complexity index is 848. The van der Waals surface area contributed by atoms with Crippen LogP contribution in [0.3, 0.4) is 0 Å². The summed E-state index contributed by atoms with van der Waals surface area (Å²) in [6.07, 6.45) is 0. The van der Waals surface area contributed by atoms with E-state index in [2.05, 4.69) is 74.6 Å². The monoisotopic (exact) mass is 328 g/mol. The maximum Gasteiger partial charge on any atom is 0.151 e. The summed E-state index contributed by atoms with van der Waals surface area (Å²) in [4.78, 5) is 4.89. The van der Waals surface area contributed by atoms with E-state index in [4.69, 9.17) is 0 Å². The van der Waals surface area contributed by atoms with Crippen LogP contribution in [-0.4, -0.2) is 35.9 Å². The van der Waals surface area contributed by atoms with Crippen LogP contribution < -0.4 is 9.80 Å². The fraction of sp³-hybridized carbons (Fsp3) is 0.238. The van der Waals surface area contributed by atoms with Crippen LogP contribution in [0.1, 0.15) is 0 Å². The fourth-order valence-electron chi connectivity index (χ4n) is 3.99. The molecule has 124 valence electrons. The van der Waals surface area contributed by atoms with E-state index in [1.807, 2.05) is 18.2 Å². The van der Waals surface area contributed by atoms with Gasteiger partial charge in [-0.2, -0.15) is 0 Å². The first-order valence-corrected chi connectivity index (χ1v) is 8.84. The molecular weight excluding hydrogens is 308 g/mol. The van der Waals surface area contributed by atoms with Crippen molar-refractivity contribution in [3.8, 4) is 11.3 Å². The molecular formula is C21H20N4. The predicted octanol–water partition coefficient (Wildman–Crippen LogP) is 3.47. The molecule has 2 aromatic carbocycles. The van der Waals surface area contributed by atoms with Gasteiger partial charge in [-0.3, -0.25) is 0 Å². The van der Waals surface area contributed by atoms with Crippen molar-refractivity contribution < 1.29 is 0 Å². The van der Waals surface area contributed by atoms with Crippen LogP contribution in [0.4, 0.5) is 11.5 Å². The molecule has 25 heavy (non-hydrogen) atoms. The standard InChI is InChI=1S/C21H20N4/c1-3-7-16(8-4-1)19-11-12-21(23-22-19)25-14-17-13-24(15-20(17)25)18-9-5-2-6-10-18/h1-12,17,20H,13-15H2/t17-,20+/m0/s1. The normalized spacial score (nSPS) is 21.8.